The smallest absolute Gasteiger partial charge is 0.227 e. The van der Waals surface area contributed by atoms with Crippen molar-refractivity contribution in [3.63, 3.8) is 0 Å². The van der Waals surface area contributed by atoms with Gasteiger partial charge in [-0.15, -0.1) is 22.9 Å². The summed E-state index contributed by atoms with van der Waals surface area (Å²) in [6.45, 7) is 2.16. The van der Waals surface area contributed by atoms with E-state index in [1.54, 1.807) is 0 Å². The van der Waals surface area contributed by atoms with Crippen LogP contribution in [0.25, 0.3) is 0 Å². The third-order valence-corrected chi connectivity index (χ3v) is 5.22. The highest BCUT2D eigenvalue weighted by Gasteiger charge is 2.23. The number of thiazole rings is 1. The zero-order valence-corrected chi connectivity index (χ0v) is 13.6. The molecule has 0 bridgehead atoms. The largest absolute Gasteiger partial charge is 0.353 e. The fraction of sp³-hybridized carbons (Fsp3) is 0.733. The predicted octanol–water partition coefficient (Wildman–Crippen LogP) is 3.90. The van der Waals surface area contributed by atoms with E-state index >= 15 is 0 Å². The molecule has 2 rings (SSSR count). The Labute approximate surface area is 130 Å². The van der Waals surface area contributed by atoms with E-state index in [2.05, 4.69) is 17.2 Å². The Kier molecular flexibility index (Phi) is 6.30. The van der Waals surface area contributed by atoms with Gasteiger partial charge in [0.05, 0.1) is 18.0 Å². The summed E-state index contributed by atoms with van der Waals surface area (Å²) in [7, 11) is 0. The van der Waals surface area contributed by atoms with Gasteiger partial charge < -0.3 is 5.32 Å². The Morgan fingerprint density at radius 1 is 1.50 bits per heavy atom. The zero-order valence-electron chi connectivity index (χ0n) is 12.0. The highest BCUT2D eigenvalue weighted by Crippen LogP contribution is 2.27. The Bertz CT molecular complexity index is 429. The van der Waals surface area contributed by atoms with Gasteiger partial charge in [0.1, 0.15) is 5.01 Å². The quantitative estimate of drug-likeness (QED) is 0.809. The molecule has 3 nitrogen and oxygen atoms in total. The number of nitrogens with one attached hydrogen (secondary N) is 1. The fourth-order valence-electron chi connectivity index (χ4n) is 2.98. The first-order chi connectivity index (χ1) is 9.72. The third-order valence-electron chi connectivity index (χ3n) is 4.05. The molecule has 0 aromatic carbocycles. The van der Waals surface area contributed by atoms with Crippen molar-refractivity contribution in [3.05, 3.63) is 16.1 Å². The van der Waals surface area contributed by atoms with Gasteiger partial charge in [-0.1, -0.05) is 26.2 Å². The Hall–Kier alpha value is -0.610. The Balaban J connectivity index is 1.85. The van der Waals surface area contributed by atoms with Crippen LogP contribution in [0.4, 0.5) is 0 Å². The van der Waals surface area contributed by atoms with Crippen LogP contribution in [0.2, 0.25) is 0 Å². The van der Waals surface area contributed by atoms with Crippen LogP contribution < -0.4 is 5.32 Å². The highest BCUT2D eigenvalue weighted by molar-refractivity contribution is 7.09. The molecule has 1 heterocycles. The monoisotopic (exact) mass is 314 g/mol. The third kappa shape index (κ3) is 4.45. The highest BCUT2D eigenvalue weighted by atomic mass is 35.5. The summed E-state index contributed by atoms with van der Waals surface area (Å²) in [5.74, 6) is 1.17. The molecule has 1 amide bonds. The molecule has 0 spiro atoms. The summed E-state index contributed by atoms with van der Waals surface area (Å²) >= 11 is 7.25. The SMILES string of the molecule is CCC(NC(=O)Cc1nc(CCl)cs1)C1CCCCC1. The molecule has 1 N–H and O–H groups in total. The van der Waals surface area contributed by atoms with Gasteiger partial charge in [0.15, 0.2) is 0 Å². The number of carbonyl (C=O) groups excluding carboxylic acids is 1. The fourth-order valence-corrected chi connectivity index (χ4v) is 4.00. The van der Waals surface area contributed by atoms with Gasteiger partial charge in [0.25, 0.3) is 0 Å². The Morgan fingerprint density at radius 2 is 2.25 bits per heavy atom. The van der Waals surface area contributed by atoms with E-state index in [1.807, 2.05) is 5.38 Å². The molecule has 1 aromatic heterocycles. The van der Waals surface area contributed by atoms with Crippen molar-refractivity contribution in [2.75, 3.05) is 0 Å². The molecule has 0 radical (unpaired) electrons. The van der Waals surface area contributed by atoms with Gasteiger partial charge in [-0.2, -0.15) is 0 Å². The lowest BCUT2D eigenvalue weighted by molar-refractivity contribution is -0.121. The number of amides is 1. The number of carbonyl (C=O) groups is 1. The Morgan fingerprint density at radius 3 is 2.85 bits per heavy atom. The van der Waals surface area contributed by atoms with Gasteiger partial charge in [-0.3, -0.25) is 4.79 Å². The molecule has 1 fully saturated rings. The molecule has 5 heteroatoms. The lowest BCUT2D eigenvalue weighted by atomic mass is 9.83. The molecule has 1 aromatic rings. The van der Waals surface area contributed by atoms with Crippen LogP contribution in [-0.4, -0.2) is 16.9 Å². The van der Waals surface area contributed by atoms with E-state index in [9.17, 15) is 4.79 Å². The zero-order chi connectivity index (χ0) is 14.4. The summed E-state index contributed by atoms with van der Waals surface area (Å²) in [5, 5.41) is 5.99. The number of hydrogen-bond acceptors (Lipinski definition) is 3. The lowest BCUT2D eigenvalue weighted by Gasteiger charge is -2.30. The number of rotatable bonds is 6. The lowest BCUT2D eigenvalue weighted by Crippen LogP contribution is -2.41. The molecule has 1 atom stereocenters. The topological polar surface area (TPSA) is 42.0 Å². The van der Waals surface area contributed by atoms with E-state index in [0.717, 1.165) is 17.1 Å². The van der Waals surface area contributed by atoms with Gasteiger partial charge >= 0.3 is 0 Å². The van der Waals surface area contributed by atoms with Crippen LogP contribution in [0, 0.1) is 5.92 Å². The average Bonchev–Trinajstić information content (AvgIpc) is 2.93. The normalized spacial score (nSPS) is 17.9. The van der Waals surface area contributed by atoms with E-state index in [4.69, 9.17) is 11.6 Å². The minimum absolute atomic E-state index is 0.0953. The number of aromatic nitrogens is 1. The number of nitrogens with zero attached hydrogens (tertiary/aromatic N) is 1. The summed E-state index contributed by atoms with van der Waals surface area (Å²) in [6, 6.07) is 0.329. The van der Waals surface area contributed by atoms with Gasteiger partial charge in [-0.25, -0.2) is 4.98 Å². The van der Waals surface area contributed by atoms with Crippen molar-refractivity contribution in [1.82, 2.24) is 10.3 Å². The predicted molar refractivity (Wildman–Crippen MR) is 84.2 cm³/mol. The molecular weight excluding hydrogens is 292 g/mol. The van der Waals surface area contributed by atoms with Crippen molar-refractivity contribution in [3.8, 4) is 0 Å². The molecule has 1 aliphatic carbocycles. The van der Waals surface area contributed by atoms with Gasteiger partial charge in [0.2, 0.25) is 5.91 Å². The molecular formula is C15H23ClN2OS. The van der Waals surface area contributed by atoms with Crippen LogP contribution in [0.15, 0.2) is 5.38 Å². The summed E-state index contributed by atoms with van der Waals surface area (Å²) in [5.41, 5.74) is 0.860. The minimum Gasteiger partial charge on any atom is -0.353 e. The van der Waals surface area contributed by atoms with Crippen molar-refractivity contribution in [1.29, 1.82) is 0 Å². The maximum atomic E-state index is 12.1. The van der Waals surface area contributed by atoms with E-state index in [-0.39, 0.29) is 5.91 Å². The number of halogens is 1. The van der Waals surface area contributed by atoms with Crippen molar-refractivity contribution < 1.29 is 4.79 Å². The summed E-state index contributed by atoms with van der Waals surface area (Å²) < 4.78 is 0. The van der Waals surface area contributed by atoms with Crippen LogP contribution >= 0.6 is 22.9 Å². The van der Waals surface area contributed by atoms with E-state index in [0.29, 0.717) is 24.3 Å². The van der Waals surface area contributed by atoms with E-state index < -0.39 is 0 Å². The molecule has 1 aliphatic rings. The van der Waals surface area contributed by atoms with Crippen LogP contribution in [0.5, 0.6) is 0 Å². The maximum Gasteiger partial charge on any atom is 0.227 e. The van der Waals surface area contributed by atoms with Crippen molar-refractivity contribution in [2.45, 2.75) is 63.8 Å². The average molecular weight is 315 g/mol. The second-order valence-electron chi connectivity index (χ2n) is 5.52. The van der Waals surface area contributed by atoms with Gasteiger partial charge in [0, 0.05) is 11.4 Å². The summed E-state index contributed by atoms with van der Waals surface area (Å²) in [4.78, 5) is 16.5. The second-order valence-corrected chi connectivity index (χ2v) is 6.73. The number of alkyl halides is 1. The molecule has 1 unspecified atom stereocenters. The van der Waals surface area contributed by atoms with Crippen LogP contribution in [0.1, 0.15) is 56.2 Å². The standard InChI is InChI=1S/C15H23ClN2OS/c1-2-13(11-6-4-3-5-7-11)18-14(19)8-15-17-12(9-16)10-20-15/h10-11,13H,2-9H2,1H3,(H,18,19). The van der Waals surface area contributed by atoms with Crippen molar-refractivity contribution >= 4 is 28.8 Å². The van der Waals surface area contributed by atoms with Crippen molar-refractivity contribution in [2.24, 2.45) is 5.92 Å². The molecule has 112 valence electrons. The first kappa shape index (κ1) is 15.8. The number of hydrogen-bond donors (Lipinski definition) is 1. The maximum absolute atomic E-state index is 12.1. The first-order valence-electron chi connectivity index (χ1n) is 7.51. The first-order valence-corrected chi connectivity index (χ1v) is 8.93. The second kappa shape index (κ2) is 7.99. The molecule has 0 aliphatic heterocycles. The molecule has 1 saturated carbocycles. The minimum atomic E-state index is 0.0953. The molecule has 20 heavy (non-hydrogen) atoms. The summed E-state index contributed by atoms with van der Waals surface area (Å²) in [6.07, 6.45) is 7.87. The molecule has 0 saturated heterocycles. The van der Waals surface area contributed by atoms with Gasteiger partial charge in [-0.05, 0) is 25.2 Å². The van der Waals surface area contributed by atoms with E-state index in [1.165, 1.54) is 43.4 Å². The van der Waals surface area contributed by atoms with Crippen LogP contribution in [0.3, 0.4) is 0 Å². The van der Waals surface area contributed by atoms with Crippen LogP contribution in [-0.2, 0) is 17.1 Å².